The molecule has 1 aliphatic heterocycles. The molecule has 0 radical (unpaired) electrons. The Kier molecular flexibility index (Phi) is 4.46. The summed E-state index contributed by atoms with van der Waals surface area (Å²) in [7, 11) is 0. The molecule has 1 heterocycles. The van der Waals surface area contributed by atoms with Crippen LogP contribution in [0, 0.1) is 0 Å². The maximum absolute atomic E-state index is 11.8. The molecular formula is C12H11Cl2N3O3. The van der Waals surface area contributed by atoms with E-state index in [1.807, 2.05) is 0 Å². The molecule has 1 saturated heterocycles. The number of amides is 4. The fourth-order valence-corrected chi connectivity index (χ4v) is 2.03. The molecule has 0 aliphatic carbocycles. The number of hydrogen-bond donors (Lipinski definition) is 3. The van der Waals surface area contributed by atoms with E-state index in [1.54, 1.807) is 6.07 Å². The molecule has 8 heteroatoms. The van der Waals surface area contributed by atoms with Gasteiger partial charge in [-0.15, -0.1) is 0 Å². The van der Waals surface area contributed by atoms with Gasteiger partial charge in [-0.2, -0.15) is 0 Å². The predicted octanol–water partition coefficient (Wildman–Crippen LogP) is 1.32. The van der Waals surface area contributed by atoms with Crippen LogP contribution in [0.2, 0.25) is 10.0 Å². The summed E-state index contributed by atoms with van der Waals surface area (Å²) in [6, 6.07) is 3.41. The third-order valence-electron chi connectivity index (χ3n) is 2.76. The average Bonchev–Trinajstić information content (AvgIpc) is 2.71. The summed E-state index contributed by atoms with van der Waals surface area (Å²) >= 11 is 11.6. The molecule has 1 atom stereocenters. The number of rotatable bonds is 4. The molecule has 106 valence electrons. The Hall–Kier alpha value is -1.79. The lowest BCUT2D eigenvalue weighted by Crippen LogP contribution is -2.34. The summed E-state index contributed by atoms with van der Waals surface area (Å²) in [5, 5.41) is 7.86. The number of benzene rings is 1. The third-order valence-corrected chi connectivity index (χ3v) is 3.50. The van der Waals surface area contributed by atoms with Crippen LogP contribution in [-0.4, -0.2) is 30.4 Å². The van der Waals surface area contributed by atoms with Crippen LogP contribution in [0.5, 0.6) is 0 Å². The summed E-state index contributed by atoms with van der Waals surface area (Å²) in [5.41, 5.74) is 0.374. The van der Waals surface area contributed by atoms with Crippen molar-refractivity contribution in [1.82, 2.24) is 16.0 Å². The fourth-order valence-electron chi connectivity index (χ4n) is 1.73. The predicted molar refractivity (Wildman–Crippen MR) is 73.9 cm³/mol. The van der Waals surface area contributed by atoms with Crippen LogP contribution in [0.15, 0.2) is 18.2 Å². The maximum Gasteiger partial charge on any atom is 0.322 e. The number of halogens is 2. The Morgan fingerprint density at radius 3 is 2.60 bits per heavy atom. The van der Waals surface area contributed by atoms with Crippen molar-refractivity contribution < 1.29 is 14.4 Å². The molecule has 4 amide bonds. The van der Waals surface area contributed by atoms with Crippen molar-refractivity contribution in [3.05, 3.63) is 33.8 Å². The Bertz CT molecular complexity index is 577. The highest BCUT2D eigenvalue weighted by atomic mass is 35.5. The minimum absolute atomic E-state index is 0.247. The van der Waals surface area contributed by atoms with Gasteiger partial charge in [0.05, 0.1) is 10.0 Å². The normalized spacial score (nSPS) is 17.6. The largest absolute Gasteiger partial charge is 0.352 e. The van der Waals surface area contributed by atoms with Crippen LogP contribution in [0.3, 0.4) is 0 Å². The fraction of sp³-hybridized carbons (Fsp3) is 0.250. The van der Waals surface area contributed by atoms with E-state index in [2.05, 4.69) is 16.0 Å². The van der Waals surface area contributed by atoms with Crippen LogP contribution >= 0.6 is 23.2 Å². The molecule has 1 fully saturated rings. The van der Waals surface area contributed by atoms with Crippen LogP contribution in [0.1, 0.15) is 16.8 Å². The zero-order chi connectivity index (χ0) is 14.7. The topological polar surface area (TPSA) is 87.3 Å². The molecule has 1 unspecified atom stereocenters. The minimum Gasteiger partial charge on any atom is -0.352 e. The summed E-state index contributed by atoms with van der Waals surface area (Å²) in [4.78, 5) is 34.0. The highest BCUT2D eigenvalue weighted by Crippen LogP contribution is 2.22. The zero-order valence-corrected chi connectivity index (χ0v) is 11.7. The Balaban J connectivity index is 1.85. The zero-order valence-electron chi connectivity index (χ0n) is 10.2. The monoisotopic (exact) mass is 315 g/mol. The van der Waals surface area contributed by atoms with Crippen molar-refractivity contribution >= 4 is 41.0 Å². The van der Waals surface area contributed by atoms with Gasteiger partial charge in [-0.25, -0.2) is 4.79 Å². The number of imide groups is 1. The summed E-state index contributed by atoms with van der Waals surface area (Å²) < 4.78 is 0. The first kappa shape index (κ1) is 14.6. The van der Waals surface area contributed by atoms with Crippen LogP contribution in [-0.2, 0) is 4.79 Å². The summed E-state index contributed by atoms with van der Waals surface area (Å²) in [5.74, 6) is -0.716. The SMILES string of the molecule is O=C1NC(=O)C(CCNC(=O)c2ccc(Cl)c(Cl)c2)N1. The van der Waals surface area contributed by atoms with E-state index in [9.17, 15) is 14.4 Å². The average molecular weight is 316 g/mol. The van der Waals surface area contributed by atoms with Gasteiger partial charge in [0.2, 0.25) is 0 Å². The van der Waals surface area contributed by atoms with Crippen molar-refractivity contribution in [2.75, 3.05) is 6.54 Å². The second-order valence-corrected chi connectivity index (χ2v) is 5.00. The molecule has 6 nitrogen and oxygen atoms in total. The first-order valence-corrected chi connectivity index (χ1v) is 6.57. The van der Waals surface area contributed by atoms with E-state index >= 15 is 0 Å². The molecule has 0 aromatic heterocycles. The van der Waals surface area contributed by atoms with Gasteiger partial charge in [-0.1, -0.05) is 23.2 Å². The number of carbonyl (C=O) groups is 3. The molecule has 20 heavy (non-hydrogen) atoms. The number of carbonyl (C=O) groups excluding carboxylic acids is 3. The molecule has 0 saturated carbocycles. The quantitative estimate of drug-likeness (QED) is 0.732. The van der Waals surface area contributed by atoms with Crippen molar-refractivity contribution in [2.45, 2.75) is 12.5 Å². The van der Waals surface area contributed by atoms with Crippen molar-refractivity contribution in [2.24, 2.45) is 0 Å². The van der Waals surface area contributed by atoms with E-state index in [0.29, 0.717) is 22.0 Å². The van der Waals surface area contributed by atoms with Crippen molar-refractivity contribution in [1.29, 1.82) is 0 Å². The maximum atomic E-state index is 11.8. The second kappa shape index (κ2) is 6.11. The summed E-state index contributed by atoms with van der Waals surface area (Å²) in [6.45, 7) is 0.247. The van der Waals surface area contributed by atoms with Gasteiger partial charge >= 0.3 is 6.03 Å². The molecule has 1 aromatic rings. The molecule has 2 rings (SSSR count). The third kappa shape index (κ3) is 3.40. The van der Waals surface area contributed by atoms with Gasteiger partial charge in [0.1, 0.15) is 6.04 Å². The molecule has 0 spiro atoms. The standard InChI is InChI=1S/C12H11Cl2N3O3/c13-7-2-1-6(5-8(7)14)10(18)15-4-3-9-11(19)17-12(20)16-9/h1-2,5,9H,3-4H2,(H,15,18)(H2,16,17,19,20). The molecule has 0 bridgehead atoms. The molecule has 3 N–H and O–H groups in total. The first-order valence-electron chi connectivity index (χ1n) is 5.82. The van der Waals surface area contributed by atoms with Gasteiger partial charge in [0.15, 0.2) is 0 Å². The molecular weight excluding hydrogens is 305 g/mol. The Morgan fingerprint density at radius 1 is 1.25 bits per heavy atom. The highest BCUT2D eigenvalue weighted by Gasteiger charge is 2.28. The van der Waals surface area contributed by atoms with Crippen LogP contribution < -0.4 is 16.0 Å². The lowest BCUT2D eigenvalue weighted by molar-refractivity contribution is -0.120. The lowest BCUT2D eigenvalue weighted by atomic mass is 10.2. The molecule has 1 aromatic carbocycles. The van der Waals surface area contributed by atoms with Gasteiger partial charge in [-0.05, 0) is 24.6 Å². The smallest absolute Gasteiger partial charge is 0.322 e. The van der Waals surface area contributed by atoms with Crippen LogP contribution in [0.25, 0.3) is 0 Å². The highest BCUT2D eigenvalue weighted by molar-refractivity contribution is 6.42. The van der Waals surface area contributed by atoms with E-state index in [1.165, 1.54) is 12.1 Å². The van der Waals surface area contributed by atoms with E-state index in [4.69, 9.17) is 23.2 Å². The Labute approximate surface area is 124 Å². The second-order valence-electron chi connectivity index (χ2n) is 4.19. The number of hydrogen-bond acceptors (Lipinski definition) is 3. The van der Waals surface area contributed by atoms with E-state index < -0.39 is 18.0 Å². The van der Waals surface area contributed by atoms with Gasteiger partial charge in [0.25, 0.3) is 11.8 Å². The molecule has 1 aliphatic rings. The minimum atomic E-state index is -0.614. The van der Waals surface area contributed by atoms with E-state index in [0.717, 1.165) is 0 Å². The van der Waals surface area contributed by atoms with Gasteiger partial charge in [-0.3, -0.25) is 14.9 Å². The van der Waals surface area contributed by atoms with E-state index in [-0.39, 0.29) is 12.5 Å². The summed E-state index contributed by atoms with van der Waals surface area (Å²) in [6.07, 6.45) is 0.310. The number of nitrogens with one attached hydrogen (secondary N) is 3. The van der Waals surface area contributed by atoms with Crippen molar-refractivity contribution in [3.63, 3.8) is 0 Å². The van der Waals surface area contributed by atoms with Gasteiger partial charge in [0, 0.05) is 12.1 Å². The van der Waals surface area contributed by atoms with Crippen molar-refractivity contribution in [3.8, 4) is 0 Å². The van der Waals surface area contributed by atoms with Crippen LogP contribution in [0.4, 0.5) is 4.79 Å². The Morgan fingerprint density at radius 2 is 2.00 bits per heavy atom. The first-order chi connectivity index (χ1) is 9.47. The number of urea groups is 1. The lowest BCUT2D eigenvalue weighted by Gasteiger charge is -2.09. The van der Waals surface area contributed by atoms with Gasteiger partial charge < -0.3 is 10.6 Å².